The number of morpholine rings is 1. The van der Waals surface area contributed by atoms with Crippen molar-refractivity contribution >= 4 is 27.9 Å². The van der Waals surface area contributed by atoms with Gasteiger partial charge in [-0.25, -0.2) is 15.0 Å². The summed E-state index contributed by atoms with van der Waals surface area (Å²) >= 11 is 0. The van der Waals surface area contributed by atoms with Gasteiger partial charge in [-0.3, -0.25) is 0 Å². The van der Waals surface area contributed by atoms with Crippen LogP contribution in [0.15, 0.2) is 36.9 Å². The Morgan fingerprint density at radius 1 is 1.24 bits per heavy atom. The quantitative estimate of drug-likeness (QED) is 0.589. The second-order valence-electron chi connectivity index (χ2n) is 6.35. The molecule has 0 amide bonds. The molecule has 0 unspecified atom stereocenters. The molecule has 1 aliphatic heterocycles. The second-order valence-corrected chi connectivity index (χ2v) is 6.35. The number of hydrogen-bond donors (Lipinski definition) is 2. The minimum atomic E-state index is 0.265. The zero-order chi connectivity index (χ0) is 16.8. The summed E-state index contributed by atoms with van der Waals surface area (Å²) in [5.74, 6) is 0.907. The first kappa shape index (κ1) is 14.4. The molecule has 0 bridgehead atoms. The number of rotatable bonds is 2. The summed E-state index contributed by atoms with van der Waals surface area (Å²) in [4.78, 5) is 22.5. The predicted molar refractivity (Wildman–Crippen MR) is 96.6 cm³/mol. The molecule has 1 fully saturated rings. The van der Waals surface area contributed by atoms with Crippen molar-refractivity contribution in [3.05, 3.63) is 36.9 Å². The van der Waals surface area contributed by atoms with Gasteiger partial charge in [0.25, 0.3) is 0 Å². The molecule has 1 atom stereocenters. The highest BCUT2D eigenvalue weighted by Gasteiger charge is 2.24. The van der Waals surface area contributed by atoms with Crippen LogP contribution in [0.3, 0.4) is 0 Å². The van der Waals surface area contributed by atoms with E-state index in [1.54, 1.807) is 6.33 Å². The van der Waals surface area contributed by atoms with E-state index in [4.69, 9.17) is 9.72 Å². The number of ether oxygens (including phenoxy) is 1. The molecule has 0 aliphatic carbocycles. The summed E-state index contributed by atoms with van der Waals surface area (Å²) < 4.78 is 5.58. The van der Waals surface area contributed by atoms with Gasteiger partial charge in [0, 0.05) is 29.9 Å². The third-order valence-electron chi connectivity index (χ3n) is 4.76. The molecule has 25 heavy (non-hydrogen) atoms. The number of nitrogens with zero attached hydrogens (tertiary/aromatic N) is 4. The fourth-order valence-electron chi connectivity index (χ4n) is 3.49. The summed E-state index contributed by atoms with van der Waals surface area (Å²) in [5.41, 5.74) is 4.73. The van der Waals surface area contributed by atoms with Crippen molar-refractivity contribution in [2.75, 3.05) is 24.7 Å². The van der Waals surface area contributed by atoms with Gasteiger partial charge in [-0.15, -0.1) is 0 Å². The minimum Gasteiger partial charge on any atom is -0.377 e. The van der Waals surface area contributed by atoms with Gasteiger partial charge in [0.15, 0.2) is 5.82 Å². The molecule has 4 aromatic rings. The normalized spacial score (nSPS) is 18.3. The van der Waals surface area contributed by atoms with Crippen molar-refractivity contribution in [2.24, 2.45) is 0 Å². The Morgan fingerprint density at radius 2 is 2.20 bits per heavy atom. The van der Waals surface area contributed by atoms with Crippen LogP contribution >= 0.6 is 0 Å². The number of anilines is 1. The maximum Gasteiger partial charge on any atom is 0.157 e. The molecule has 4 aromatic heterocycles. The first-order chi connectivity index (χ1) is 12.3. The van der Waals surface area contributed by atoms with Crippen LogP contribution in [-0.4, -0.2) is 50.7 Å². The van der Waals surface area contributed by atoms with Gasteiger partial charge in [0.1, 0.15) is 11.2 Å². The fourth-order valence-corrected chi connectivity index (χ4v) is 3.49. The van der Waals surface area contributed by atoms with E-state index >= 15 is 0 Å². The molecular weight excluding hydrogens is 316 g/mol. The number of imidazole rings is 1. The van der Waals surface area contributed by atoms with Crippen LogP contribution in [0.1, 0.15) is 6.92 Å². The standard InChI is InChI=1S/C18H18N6O/c1-11-9-25-7-6-24(11)18-16-15(21-10-22-16)8-14(23-18)12-2-4-19-17-13(12)3-5-20-17/h2-5,8,10-11H,6-7,9H2,1H3,(H,19,20)(H,21,22)/t11-/m1/s1. The van der Waals surface area contributed by atoms with Crippen molar-refractivity contribution in [1.82, 2.24) is 24.9 Å². The largest absolute Gasteiger partial charge is 0.377 e. The van der Waals surface area contributed by atoms with E-state index in [9.17, 15) is 0 Å². The van der Waals surface area contributed by atoms with E-state index in [1.807, 2.05) is 24.5 Å². The van der Waals surface area contributed by atoms with E-state index in [-0.39, 0.29) is 6.04 Å². The van der Waals surface area contributed by atoms with Crippen LogP contribution in [0.2, 0.25) is 0 Å². The summed E-state index contributed by atoms with van der Waals surface area (Å²) in [6, 6.07) is 6.36. The molecule has 1 aliphatic rings. The lowest BCUT2D eigenvalue weighted by atomic mass is 10.1. The minimum absolute atomic E-state index is 0.265. The Bertz CT molecular complexity index is 1050. The number of aromatic nitrogens is 5. The monoisotopic (exact) mass is 334 g/mol. The zero-order valence-electron chi connectivity index (χ0n) is 13.9. The molecule has 7 nitrogen and oxygen atoms in total. The highest BCUT2D eigenvalue weighted by atomic mass is 16.5. The van der Waals surface area contributed by atoms with Crippen molar-refractivity contribution in [2.45, 2.75) is 13.0 Å². The summed E-state index contributed by atoms with van der Waals surface area (Å²) in [6.45, 7) is 4.38. The Kier molecular flexibility index (Phi) is 3.21. The van der Waals surface area contributed by atoms with Gasteiger partial charge >= 0.3 is 0 Å². The Labute approximate surface area is 144 Å². The molecule has 2 N–H and O–H groups in total. The third kappa shape index (κ3) is 2.27. The van der Waals surface area contributed by atoms with Gasteiger partial charge < -0.3 is 19.6 Å². The van der Waals surface area contributed by atoms with Crippen molar-refractivity contribution in [3.63, 3.8) is 0 Å². The van der Waals surface area contributed by atoms with Crippen molar-refractivity contribution < 1.29 is 4.74 Å². The summed E-state index contributed by atoms with van der Waals surface area (Å²) in [7, 11) is 0. The molecule has 5 rings (SSSR count). The Morgan fingerprint density at radius 3 is 3.12 bits per heavy atom. The maximum absolute atomic E-state index is 5.58. The topological polar surface area (TPSA) is 82.7 Å². The average molecular weight is 334 g/mol. The first-order valence-electron chi connectivity index (χ1n) is 8.42. The van der Waals surface area contributed by atoms with Crippen LogP contribution in [0.25, 0.3) is 33.3 Å². The van der Waals surface area contributed by atoms with Crippen LogP contribution in [0.5, 0.6) is 0 Å². The lowest BCUT2D eigenvalue weighted by molar-refractivity contribution is 0.0987. The van der Waals surface area contributed by atoms with Crippen LogP contribution in [-0.2, 0) is 4.74 Å². The van der Waals surface area contributed by atoms with Gasteiger partial charge in [-0.1, -0.05) is 0 Å². The number of fused-ring (bicyclic) bond motifs is 2. The molecule has 0 radical (unpaired) electrons. The van der Waals surface area contributed by atoms with Gasteiger partial charge in [0.2, 0.25) is 0 Å². The van der Waals surface area contributed by atoms with Gasteiger partial charge in [-0.05, 0) is 25.1 Å². The van der Waals surface area contributed by atoms with Gasteiger partial charge in [0.05, 0.1) is 36.8 Å². The van der Waals surface area contributed by atoms with Gasteiger partial charge in [-0.2, -0.15) is 0 Å². The Hall–Kier alpha value is -2.93. The number of hydrogen-bond acceptors (Lipinski definition) is 5. The van der Waals surface area contributed by atoms with Crippen molar-refractivity contribution in [1.29, 1.82) is 0 Å². The van der Waals surface area contributed by atoms with Crippen LogP contribution in [0, 0.1) is 0 Å². The smallest absolute Gasteiger partial charge is 0.157 e. The van der Waals surface area contributed by atoms with E-state index < -0.39 is 0 Å². The number of nitrogens with one attached hydrogen (secondary N) is 2. The Balaban J connectivity index is 1.73. The van der Waals surface area contributed by atoms with E-state index in [0.29, 0.717) is 13.2 Å². The molecule has 126 valence electrons. The van der Waals surface area contributed by atoms with E-state index in [1.165, 1.54) is 0 Å². The third-order valence-corrected chi connectivity index (χ3v) is 4.76. The number of pyridine rings is 2. The lowest BCUT2D eigenvalue weighted by Crippen LogP contribution is -2.44. The lowest BCUT2D eigenvalue weighted by Gasteiger charge is -2.34. The zero-order valence-corrected chi connectivity index (χ0v) is 13.9. The number of H-pyrrole nitrogens is 2. The van der Waals surface area contributed by atoms with Crippen LogP contribution in [0.4, 0.5) is 5.82 Å². The van der Waals surface area contributed by atoms with E-state index in [2.05, 4.69) is 37.8 Å². The summed E-state index contributed by atoms with van der Waals surface area (Å²) in [5, 5.41) is 1.06. The first-order valence-corrected chi connectivity index (χ1v) is 8.42. The second kappa shape index (κ2) is 5.56. The molecule has 7 heteroatoms. The molecule has 1 saturated heterocycles. The average Bonchev–Trinajstić information content (AvgIpc) is 3.30. The molecule has 5 heterocycles. The van der Waals surface area contributed by atoms with Crippen LogP contribution < -0.4 is 4.90 Å². The highest BCUT2D eigenvalue weighted by Crippen LogP contribution is 2.32. The van der Waals surface area contributed by atoms with Crippen molar-refractivity contribution in [3.8, 4) is 11.3 Å². The fraction of sp³-hybridized carbons (Fsp3) is 0.278. The highest BCUT2D eigenvalue weighted by molar-refractivity contribution is 5.96. The summed E-state index contributed by atoms with van der Waals surface area (Å²) in [6.07, 6.45) is 5.44. The molecule has 0 spiro atoms. The predicted octanol–water partition coefficient (Wildman–Crippen LogP) is 2.73. The SMILES string of the molecule is C[C@@H]1COCCN1c1nc(-c2ccnc3[nH]ccc23)cc2[nH]cnc12. The van der Waals surface area contributed by atoms with E-state index in [0.717, 1.165) is 45.7 Å². The molecule has 0 saturated carbocycles. The number of aromatic amines is 2. The maximum atomic E-state index is 5.58. The molecule has 0 aromatic carbocycles. The molecular formula is C18H18N6O.